The largest absolute Gasteiger partial charge is 0.280 e. The van der Waals surface area contributed by atoms with Crippen LogP contribution in [0.2, 0.25) is 0 Å². The van der Waals surface area contributed by atoms with Gasteiger partial charge in [-0.25, -0.2) is 17.2 Å². The molecular weight excluding hydrogens is 284 g/mol. The fourth-order valence-electron chi connectivity index (χ4n) is 1.71. The maximum absolute atomic E-state index is 13.1. The van der Waals surface area contributed by atoms with Crippen molar-refractivity contribution in [1.29, 1.82) is 0 Å². The van der Waals surface area contributed by atoms with E-state index in [4.69, 9.17) is 0 Å². The van der Waals surface area contributed by atoms with Gasteiger partial charge < -0.3 is 0 Å². The van der Waals surface area contributed by atoms with E-state index in [2.05, 4.69) is 4.72 Å². The van der Waals surface area contributed by atoms with Crippen LogP contribution >= 0.6 is 0 Å². The first-order valence-corrected chi connectivity index (χ1v) is 7.47. The normalized spacial score (nSPS) is 11.3. The summed E-state index contributed by atoms with van der Waals surface area (Å²) in [5.41, 5.74) is 1.40. The van der Waals surface area contributed by atoms with Gasteiger partial charge in [0.2, 0.25) is 0 Å². The van der Waals surface area contributed by atoms with Crippen molar-refractivity contribution in [2.24, 2.45) is 0 Å². The molecule has 2 aromatic carbocycles. The second kappa shape index (κ2) is 5.58. The van der Waals surface area contributed by atoms with Crippen LogP contribution in [0.5, 0.6) is 0 Å². The molecule has 0 bridgehead atoms. The summed E-state index contributed by atoms with van der Waals surface area (Å²) < 4.78 is 52.4. The van der Waals surface area contributed by atoms with Crippen LogP contribution in [0.25, 0.3) is 0 Å². The molecule has 0 aromatic heterocycles. The summed E-state index contributed by atoms with van der Waals surface area (Å²) in [6.07, 6.45) is 0.835. The van der Waals surface area contributed by atoms with Crippen LogP contribution < -0.4 is 4.72 Å². The zero-order valence-electron chi connectivity index (χ0n) is 10.7. The lowest BCUT2D eigenvalue weighted by Crippen LogP contribution is -2.13. The molecule has 0 radical (unpaired) electrons. The van der Waals surface area contributed by atoms with Crippen molar-refractivity contribution in [2.45, 2.75) is 18.2 Å². The molecular formula is C14H13F2NO2S. The molecule has 2 rings (SSSR count). The summed E-state index contributed by atoms with van der Waals surface area (Å²) in [6, 6.07) is 8.93. The number of nitrogens with one attached hydrogen (secondary N) is 1. The van der Waals surface area contributed by atoms with Gasteiger partial charge in [-0.1, -0.05) is 19.1 Å². The van der Waals surface area contributed by atoms with Crippen LogP contribution in [0.15, 0.2) is 47.4 Å². The molecule has 6 heteroatoms. The van der Waals surface area contributed by atoms with Crippen molar-refractivity contribution >= 4 is 15.7 Å². The Hall–Kier alpha value is -1.95. The van der Waals surface area contributed by atoms with Crippen molar-refractivity contribution in [3.8, 4) is 0 Å². The maximum atomic E-state index is 13.1. The SMILES string of the molecule is CCc1ccc(NS(=O)(=O)c2cc(F)cc(F)c2)cc1. The van der Waals surface area contributed by atoms with Gasteiger partial charge in [0.05, 0.1) is 4.90 Å². The fourth-order valence-corrected chi connectivity index (χ4v) is 2.81. The van der Waals surface area contributed by atoms with E-state index in [-0.39, 0.29) is 0 Å². The minimum Gasteiger partial charge on any atom is -0.280 e. The van der Waals surface area contributed by atoms with Crippen LogP contribution in [0.3, 0.4) is 0 Å². The first-order chi connectivity index (χ1) is 9.40. The average molecular weight is 297 g/mol. The summed E-state index contributed by atoms with van der Waals surface area (Å²) in [5, 5.41) is 0. The highest BCUT2D eigenvalue weighted by molar-refractivity contribution is 7.92. The van der Waals surface area contributed by atoms with E-state index in [1.807, 2.05) is 6.92 Å². The summed E-state index contributed by atoms with van der Waals surface area (Å²) in [5.74, 6) is -1.88. The third-order valence-corrected chi connectivity index (χ3v) is 4.12. The van der Waals surface area contributed by atoms with Crippen molar-refractivity contribution in [3.63, 3.8) is 0 Å². The lowest BCUT2D eigenvalue weighted by atomic mass is 10.2. The van der Waals surface area contributed by atoms with Crippen molar-refractivity contribution in [1.82, 2.24) is 0 Å². The molecule has 0 aliphatic heterocycles. The lowest BCUT2D eigenvalue weighted by Gasteiger charge is -2.09. The molecule has 2 aromatic rings. The Labute approximate surface area is 116 Å². The van der Waals surface area contributed by atoms with Gasteiger partial charge in [0, 0.05) is 11.8 Å². The highest BCUT2D eigenvalue weighted by atomic mass is 32.2. The maximum Gasteiger partial charge on any atom is 0.262 e. The van der Waals surface area contributed by atoms with Crippen molar-refractivity contribution in [2.75, 3.05) is 4.72 Å². The molecule has 0 amide bonds. The zero-order valence-corrected chi connectivity index (χ0v) is 11.5. The zero-order chi connectivity index (χ0) is 14.8. The van der Waals surface area contributed by atoms with Gasteiger partial charge in [-0.15, -0.1) is 0 Å². The summed E-state index contributed by atoms with van der Waals surface area (Å²) in [6.45, 7) is 1.98. The predicted molar refractivity (Wildman–Crippen MR) is 73.0 cm³/mol. The van der Waals surface area contributed by atoms with E-state index < -0.39 is 26.6 Å². The first kappa shape index (κ1) is 14.5. The Morgan fingerprint density at radius 2 is 1.55 bits per heavy atom. The topological polar surface area (TPSA) is 46.2 Å². The number of sulfonamides is 1. The third kappa shape index (κ3) is 3.33. The highest BCUT2D eigenvalue weighted by Gasteiger charge is 2.16. The van der Waals surface area contributed by atoms with E-state index in [0.717, 1.165) is 24.1 Å². The molecule has 3 nitrogen and oxygen atoms in total. The monoisotopic (exact) mass is 297 g/mol. The van der Waals surface area contributed by atoms with Gasteiger partial charge in [0.15, 0.2) is 0 Å². The molecule has 0 heterocycles. The Balaban J connectivity index is 2.30. The Kier molecular flexibility index (Phi) is 4.04. The molecule has 0 spiro atoms. The average Bonchev–Trinajstić information content (AvgIpc) is 2.38. The quantitative estimate of drug-likeness (QED) is 0.941. The summed E-state index contributed by atoms with van der Waals surface area (Å²) in [7, 11) is -4.01. The van der Waals surface area contributed by atoms with E-state index in [0.29, 0.717) is 11.8 Å². The summed E-state index contributed by atoms with van der Waals surface area (Å²) >= 11 is 0. The fraction of sp³-hybridized carbons (Fsp3) is 0.143. The summed E-state index contributed by atoms with van der Waals surface area (Å²) in [4.78, 5) is -0.449. The lowest BCUT2D eigenvalue weighted by molar-refractivity contribution is 0.568. The minimum atomic E-state index is -4.01. The van der Waals surface area contributed by atoms with E-state index in [9.17, 15) is 17.2 Å². The Morgan fingerprint density at radius 1 is 1.00 bits per heavy atom. The van der Waals surface area contributed by atoms with Crippen LogP contribution in [0.4, 0.5) is 14.5 Å². The first-order valence-electron chi connectivity index (χ1n) is 5.98. The second-order valence-corrected chi connectivity index (χ2v) is 5.94. The molecule has 106 valence electrons. The van der Waals surface area contributed by atoms with Gasteiger partial charge in [-0.3, -0.25) is 4.72 Å². The molecule has 0 atom stereocenters. The number of anilines is 1. The molecule has 0 aliphatic rings. The van der Waals surface area contributed by atoms with E-state index in [1.165, 1.54) is 0 Å². The van der Waals surface area contributed by atoms with Gasteiger partial charge in [-0.05, 0) is 36.2 Å². The molecule has 20 heavy (non-hydrogen) atoms. The van der Waals surface area contributed by atoms with Crippen LogP contribution in [0, 0.1) is 11.6 Å². The standard InChI is InChI=1S/C14H13F2NO2S/c1-2-10-3-5-13(6-4-10)17-20(18,19)14-8-11(15)7-12(16)9-14/h3-9,17H,2H2,1H3. The third-order valence-electron chi connectivity index (χ3n) is 2.76. The highest BCUT2D eigenvalue weighted by Crippen LogP contribution is 2.18. The Morgan fingerprint density at radius 3 is 2.05 bits per heavy atom. The number of rotatable bonds is 4. The van der Waals surface area contributed by atoms with E-state index in [1.54, 1.807) is 24.3 Å². The van der Waals surface area contributed by atoms with Gasteiger partial charge in [0.1, 0.15) is 11.6 Å². The van der Waals surface area contributed by atoms with Crippen LogP contribution in [-0.2, 0) is 16.4 Å². The smallest absolute Gasteiger partial charge is 0.262 e. The van der Waals surface area contributed by atoms with Crippen molar-refractivity contribution in [3.05, 3.63) is 59.7 Å². The molecule has 0 aliphatic carbocycles. The van der Waals surface area contributed by atoms with Gasteiger partial charge in [-0.2, -0.15) is 0 Å². The van der Waals surface area contributed by atoms with Gasteiger partial charge >= 0.3 is 0 Å². The number of benzene rings is 2. The van der Waals surface area contributed by atoms with Gasteiger partial charge in [0.25, 0.3) is 10.0 Å². The second-order valence-electron chi connectivity index (χ2n) is 4.26. The molecule has 0 saturated carbocycles. The molecule has 0 saturated heterocycles. The number of hydrogen-bond donors (Lipinski definition) is 1. The van der Waals surface area contributed by atoms with Crippen LogP contribution in [0.1, 0.15) is 12.5 Å². The Bertz CT molecular complexity index is 692. The number of halogens is 2. The minimum absolute atomic E-state index is 0.340. The van der Waals surface area contributed by atoms with Crippen LogP contribution in [-0.4, -0.2) is 8.42 Å². The predicted octanol–water partition coefficient (Wildman–Crippen LogP) is 3.33. The number of aryl methyl sites for hydroxylation is 1. The molecule has 0 unspecified atom stereocenters. The molecule has 1 N–H and O–H groups in total. The molecule has 0 fully saturated rings. The van der Waals surface area contributed by atoms with Crippen molar-refractivity contribution < 1.29 is 17.2 Å². The number of hydrogen-bond acceptors (Lipinski definition) is 2. The van der Waals surface area contributed by atoms with E-state index >= 15 is 0 Å².